The van der Waals surface area contributed by atoms with Crippen LogP contribution in [0.2, 0.25) is 0 Å². The first-order chi connectivity index (χ1) is 6.16. The van der Waals surface area contributed by atoms with E-state index in [1.54, 1.807) is 0 Å². The van der Waals surface area contributed by atoms with Crippen molar-refractivity contribution in [3.63, 3.8) is 0 Å². The van der Waals surface area contributed by atoms with Crippen molar-refractivity contribution in [1.29, 1.82) is 0 Å². The summed E-state index contributed by atoms with van der Waals surface area (Å²) in [5.74, 6) is -1.12. The molecular formula is C7H5N3O3. The van der Waals surface area contributed by atoms with Gasteiger partial charge in [-0.15, -0.1) is 0 Å². The zero-order valence-electron chi connectivity index (χ0n) is 6.47. The van der Waals surface area contributed by atoms with Gasteiger partial charge in [0.25, 0.3) is 5.91 Å². The minimum atomic E-state index is -1.07. The summed E-state index contributed by atoms with van der Waals surface area (Å²) in [6.45, 7) is 0.0729. The van der Waals surface area contributed by atoms with Gasteiger partial charge in [0, 0.05) is 12.4 Å². The molecule has 6 heteroatoms. The van der Waals surface area contributed by atoms with E-state index in [-0.39, 0.29) is 24.0 Å². The standard InChI is InChI=1S/C7H5N3O3/c11-5-3-10-2-4(6(12)13)1-8-7(10)9-5/h1-2H,3H2,(H,12,13). The first-order valence-electron chi connectivity index (χ1n) is 3.54. The molecule has 0 unspecified atom stereocenters. The first kappa shape index (κ1) is 7.66. The lowest BCUT2D eigenvalue weighted by atomic mass is 10.3. The van der Waals surface area contributed by atoms with Crippen LogP contribution < -0.4 is 0 Å². The number of carboxylic acid groups (broad SMARTS) is 1. The van der Waals surface area contributed by atoms with Gasteiger partial charge < -0.3 is 10.0 Å². The number of fused-ring (bicyclic) bond motifs is 1. The summed E-state index contributed by atoms with van der Waals surface area (Å²) in [5.41, 5.74) is 0.0497. The van der Waals surface area contributed by atoms with E-state index in [0.717, 1.165) is 0 Å². The molecule has 0 spiro atoms. The van der Waals surface area contributed by atoms with Crippen molar-refractivity contribution < 1.29 is 14.7 Å². The summed E-state index contributed by atoms with van der Waals surface area (Å²) < 4.78 is 0. The van der Waals surface area contributed by atoms with Crippen LogP contribution in [0.15, 0.2) is 21.8 Å². The molecule has 1 amide bonds. The van der Waals surface area contributed by atoms with Crippen molar-refractivity contribution in [2.45, 2.75) is 0 Å². The molecule has 0 bridgehead atoms. The van der Waals surface area contributed by atoms with Gasteiger partial charge in [-0.25, -0.2) is 9.79 Å². The van der Waals surface area contributed by atoms with Crippen molar-refractivity contribution in [3.05, 3.63) is 11.8 Å². The smallest absolute Gasteiger partial charge is 0.338 e. The lowest BCUT2D eigenvalue weighted by Crippen LogP contribution is -2.26. The number of aliphatic carboxylic acids is 1. The molecule has 2 aliphatic rings. The minimum Gasteiger partial charge on any atom is -0.478 e. The Morgan fingerprint density at radius 2 is 2.38 bits per heavy atom. The number of nitrogens with zero attached hydrogens (tertiary/aromatic N) is 3. The summed E-state index contributed by atoms with van der Waals surface area (Å²) >= 11 is 0. The number of rotatable bonds is 1. The van der Waals surface area contributed by atoms with Crippen LogP contribution in [0.1, 0.15) is 0 Å². The fraction of sp³-hybridized carbons (Fsp3) is 0.143. The third-order valence-electron chi connectivity index (χ3n) is 1.65. The van der Waals surface area contributed by atoms with E-state index < -0.39 is 5.97 Å². The molecule has 0 atom stereocenters. The Hall–Kier alpha value is -1.98. The molecule has 0 aromatic carbocycles. The van der Waals surface area contributed by atoms with E-state index in [1.807, 2.05) is 0 Å². The van der Waals surface area contributed by atoms with Crippen molar-refractivity contribution in [2.75, 3.05) is 6.54 Å². The zero-order valence-corrected chi connectivity index (χ0v) is 6.47. The molecule has 0 radical (unpaired) electrons. The molecule has 0 aromatic heterocycles. The fourth-order valence-electron chi connectivity index (χ4n) is 1.07. The van der Waals surface area contributed by atoms with Crippen LogP contribution in [-0.4, -0.2) is 40.6 Å². The Kier molecular flexibility index (Phi) is 1.48. The maximum Gasteiger partial charge on any atom is 0.338 e. The Morgan fingerprint density at radius 1 is 1.62 bits per heavy atom. The molecule has 2 heterocycles. The van der Waals surface area contributed by atoms with Crippen molar-refractivity contribution in [1.82, 2.24) is 4.90 Å². The minimum absolute atomic E-state index is 0.0497. The van der Waals surface area contributed by atoms with Gasteiger partial charge in [-0.3, -0.25) is 4.79 Å². The molecule has 0 fully saturated rings. The highest BCUT2D eigenvalue weighted by atomic mass is 16.4. The molecule has 0 saturated heterocycles. The molecule has 66 valence electrons. The molecule has 2 rings (SSSR count). The molecule has 6 nitrogen and oxygen atoms in total. The van der Waals surface area contributed by atoms with Crippen LogP contribution in [0, 0.1) is 0 Å². The number of hydrogen-bond donors (Lipinski definition) is 1. The van der Waals surface area contributed by atoms with Crippen LogP contribution in [0.25, 0.3) is 0 Å². The van der Waals surface area contributed by atoms with E-state index >= 15 is 0 Å². The van der Waals surface area contributed by atoms with Crippen LogP contribution in [0.3, 0.4) is 0 Å². The SMILES string of the molecule is O=C1CN2C=C(C(=O)O)C=NC2=N1. The van der Waals surface area contributed by atoms with Crippen LogP contribution in [-0.2, 0) is 9.59 Å². The van der Waals surface area contributed by atoms with Gasteiger partial charge in [0.05, 0.1) is 5.57 Å². The Labute approximate surface area is 72.9 Å². The highest BCUT2D eigenvalue weighted by Gasteiger charge is 2.25. The highest BCUT2D eigenvalue weighted by molar-refractivity contribution is 6.15. The highest BCUT2D eigenvalue weighted by Crippen LogP contribution is 2.11. The van der Waals surface area contributed by atoms with E-state index in [1.165, 1.54) is 17.3 Å². The summed E-state index contributed by atoms with van der Waals surface area (Å²) in [4.78, 5) is 30.0. The van der Waals surface area contributed by atoms with E-state index in [9.17, 15) is 9.59 Å². The van der Waals surface area contributed by atoms with Gasteiger partial charge >= 0.3 is 5.97 Å². The Bertz CT molecular complexity index is 380. The second-order valence-electron chi connectivity index (χ2n) is 2.58. The topological polar surface area (TPSA) is 82.3 Å². The number of hydrogen-bond acceptors (Lipinski definition) is 4. The monoisotopic (exact) mass is 179 g/mol. The van der Waals surface area contributed by atoms with Crippen molar-refractivity contribution in [2.24, 2.45) is 9.98 Å². The van der Waals surface area contributed by atoms with Gasteiger partial charge in [-0.2, -0.15) is 4.99 Å². The predicted octanol–water partition coefficient (Wildman–Crippen LogP) is -0.762. The summed E-state index contributed by atoms with van der Waals surface area (Å²) in [6, 6.07) is 0. The second-order valence-corrected chi connectivity index (χ2v) is 2.58. The lowest BCUT2D eigenvalue weighted by Gasteiger charge is -2.14. The molecule has 0 aromatic rings. The number of aliphatic imine (C=N–C) groups is 2. The van der Waals surface area contributed by atoms with Crippen LogP contribution in [0.4, 0.5) is 0 Å². The molecule has 1 N–H and O–H groups in total. The first-order valence-corrected chi connectivity index (χ1v) is 3.54. The third-order valence-corrected chi connectivity index (χ3v) is 1.65. The van der Waals surface area contributed by atoms with Gasteiger partial charge in [-0.1, -0.05) is 0 Å². The number of guanidine groups is 1. The van der Waals surface area contributed by atoms with E-state index in [4.69, 9.17) is 5.11 Å². The molecule has 0 saturated carbocycles. The number of carboxylic acids is 1. The van der Waals surface area contributed by atoms with Gasteiger partial charge in [-0.05, 0) is 0 Å². The van der Waals surface area contributed by atoms with Crippen molar-refractivity contribution in [3.8, 4) is 0 Å². The van der Waals surface area contributed by atoms with Crippen LogP contribution >= 0.6 is 0 Å². The number of carbonyl (C=O) groups excluding carboxylic acids is 1. The fourth-order valence-corrected chi connectivity index (χ4v) is 1.07. The zero-order chi connectivity index (χ0) is 9.42. The second kappa shape index (κ2) is 2.51. The summed E-state index contributed by atoms with van der Waals surface area (Å²) in [5, 5.41) is 8.61. The average Bonchev–Trinajstić information content (AvgIpc) is 2.42. The van der Waals surface area contributed by atoms with E-state index in [0.29, 0.717) is 0 Å². The van der Waals surface area contributed by atoms with Crippen LogP contribution in [0.5, 0.6) is 0 Å². The normalized spacial score (nSPS) is 19.7. The van der Waals surface area contributed by atoms with E-state index in [2.05, 4.69) is 9.98 Å². The van der Waals surface area contributed by atoms with Gasteiger partial charge in [0.1, 0.15) is 6.54 Å². The number of amides is 1. The average molecular weight is 179 g/mol. The lowest BCUT2D eigenvalue weighted by molar-refractivity contribution is -0.132. The molecule has 0 aliphatic carbocycles. The molecular weight excluding hydrogens is 174 g/mol. The maximum atomic E-state index is 10.8. The van der Waals surface area contributed by atoms with Crippen molar-refractivity contribution >= 4 is 24.1 Å². The Morgan fingerprint density at radius 3 is 3.08 bits per heavy atom. The summed E-state index contributed by atoms with van der Waals surface area (Å²) in [7, 11) is 0. The Balaban J connectivity index is 2.32. The number of carbonyl (C=O) groups is 2. The molecule has 13 heavy (non-hydrogen) atoms. The maximum absolute atomic E-state index is 10.8. The third kappa shape index (κ3) is 1.22. The quantitative estimate of drug-likeness (QED) is 0.573. The van der Waals surface area contributed by atoms with Gasteiger partial charge in [0.15, 0.2) is 0 Å². The van der Waals surface area contributed by atoms with Gasteiger partial charge in [0.2, 0.25) is 5.96 Å². The largest absolute Gasteiger partial charge is 0.478 e. The molecule has 2 aliphatic heterocycles. The summed E-state index contributed by atoms with van der Waals surface area (Å²) in [6.07, 6.45) is 2.52. The predicted molar refractivity (Wildman–Crippen MR) is 43.4 cm³/mol.